The minimum atomic E-state index is -2.46. The van der Waals surface area contributed by atoms with Crippen molar-refractivity contribution in [2.45, 2.75) is 187 Å². The topological polar surface area (TPSA) is 220 Å². The second kappa shape index (κ2) is 29.5. The maximum Gasteiger partial charge on any atom is 0.493 e. The van der Waals surface area contributed by atoms with E-state index in [4.69, 9.17) is 37.7 Å². The smallest absolute Gasteiger partial charge is 0.460 e. The number of rotatable bonds is 9. The lowest BCUT2D eigenvalue weighted by Crippen LogP contribution is -2.61. The molecular weight excluding hydrogens is 1030 g/mol. The van der Waals surface area contributed by atoms with Crippen LogP contribution in [0.25, 0.3) is 0 Å². The van der Waals surface area contributed by atoms with Gasteiger partial charge in [-0.3, -0.25) is 24.0 Å². The lowest BCUT2D eigenvalue weighted by molar-refractivity contribution is -0.265. The Morgan fingerprint density at radius 2 is 1.55 bits per heavy atom. The van der Waals surface area contributed by atoms with E-state index in [9.17, 15) is 39.0 Å². The zero-order valence-electron chi connectivity index (χ0n) is 49.2. The van der Waals surface area contributed by atoms with Crippen LogP contribution < -0.4 is 5.46 Å². The van der Waals surface area contributed by atoms with Gasteiger partial charge in [-0.25, -0.2) is 4.79 Å². The molecule has 15 atom stereocenters. The molecule has 5 aliphatic rings. The van der Waals surface area contributed by atoms with E-state index < -0.39 is 114 Å². The number of benzene rings is 1. The largest absolute Gasteiger partial charge is 0.493 e. The van der Waals surface area contributed by atoms with E-state index in [0.29, 0.717) is 69.8 Å². The zero-order chi connectivity index (χ0) is 58.5. The van der Waals surface area contributed by atoms with Crippen LogP contribution in [0.15, 0.2) is 77.9 Å². The normalized spacial score (nSPS) is 35.7. The van der Waals surface area contributed by atoms with Crippen molar-refractivity contribution in [3.8, 4) is 0 Å². The highest BCUT2D eigenvalue weighted by Gasteiger charge is 2.53. The molecule has 2 bridgehead atoms. The summed E-state index contributed by atoms with van der Waals surface area (Å²) >= 11 is 0. The summed E-state index contributed by atoms with van der Waals surface area (Å²) in [6.07, 6.45) is 10.4. The van der Waals surface area contributed by atoms with E-state index in [1.165, 1.54) is 12.0 Å². The van der Waals surface area contributed by atoms with Crippen LogP contribution in [-0.2, 0) is 66.5 Å². The number of carbonyl (C=O) groups is 6. The standard InChI is InChI=1S/C62H90BNO16/c1-38-20-14-12-15-21-39(2)51(73-9)34-47-27-25-44(7)62(72,80-47)57(68)58(69)64-29-19-18-24-48(64)59(70)78-52(35-49(65)40(3)31-43(6)55(67)56(75-11)54(66)42(5)30-38)41(4)32-45-26-28-50(53(33-45)74-10)79-60(71)61(8)36-76-63(77-37-61)46-22-16-13-17-23-46/h12-17,20-23,31,38,40-42,44-45,47-48,50-53,55-56,67,72H,18-19,24-30,32-37H2,1-11H3/b15-12?,20-14+,39-21?,43-31+/t38-,40-,41-,42-,44-,45+,47+,48+,50-,51+,52+,53-,55-,56+,62-/m1/s1. The van der Waals surface area contributed by atoms with Crippen molar-refractivity contribution in [1.82, 2.24) is 4.90 Å². The fourth-order valence-electron chi connectivity index (χ4n) is 12.0. The number of cyclic esters (lactones) is 1. The van der Waals surface area contributed by atoms with Crippen molar-refractivity contribution in [1.29, 1.82) is 0 Å². The van der Waals surface area contributed by atoms with E-state index in [1.807, 2.05) is 88.4 Å². The molecule has 1 aromatic rings. The molecule has 0 aromatic heterocycles. The van der Waals surface area contributed by atoms with Gasteiger partial charge >= 0.3 is 19.1 Å². The maximum atomic E-state index is 14.7. The van der Waals surface area contributed by atoms with Crippen molar-refractivity contribution >= 4 is 47.8 Å². The lowest BCUT2D eigenvalue weighted by atomic mass is 9.75. The average molecular weight is 1120 g/mol. The number of hydrogen-bond acceptors (Lipinski definition) is 16. The summed E-state index contributed by atoms with van der Waals surface area (Å²) in [7, 11) is 3.93. The number of Topliss-reactive ketones (excluding diaryl/α,β-unsaturated/α-hetero) is 3. The quantitative estimate of drug-likeness (QED) is 0.108. The number of fused-ring (bicyclic) bond motifs is 3. The van der Waals surface area contributed by atoms with Crippen LogP contribution in [0.5, 0.6) is 0 Å². The van der Waals surface area contributed by atoms with Crippen LogP contribution in [0.4, 0.5) is 0 Å². The minimum absolute atomic E-state index is 0.000113. The van der Waals surface area contributed by atoms with Crippen LogP contribution in [0, 0.1) is 40.9 Å². The molecule has 17 nitrogen and oxygen atoms in total. The Kier molecular flexibility index (Phi) is 23.8. The van der Waals surface area contributed by atoms with Crippen LogP contribution in [0.3, 0.4) is 0 Å². The van der Waals surface area contributed by atoms with Gasteiger partial charge in [0.1, 0.15) is 41.7 Å². The van der Waals surface area contributed by atoms with Crippen LogP contribution >= 0.6 is 0 Å². The third-order valence-corrected chi connectivity index (χ3v) is 17.4. The molecule has 6 rings (SSSR count). The molecule has 1 aliphatic carbocycles. The SMILES string of the molecule is CO[C@H]1C[C@@H]2CC[C@@H](C)[C@@](O)(O2)C(=O)C(=O)N2CCCC[C@H]2C(=O)O[C@H]([C@H](C)C[C@@H]2CC[C@@H](OC(=O)C3(C)COB(c4ccccc4)OC3)[C@H](OC)C2)CC(=O)[C@H](C)/C=C(\C)[C@@H](O)[C@@H](OC)C(=O)[C@H](C)C[C@H](C)/C=C/C=CC=C1C. The van der Waals surface area contributed by atoms with Gasteiger partial charge in [-0.15, -0.1) is 0 Å². The number of esters is 2. The Labute approximate surface area is 474 Å². The lowest BCUT2D eigenvalue weighted by Gasteiger charge is -2.42. The first-order valence-electron chi connectivity index (χ1n) is 29.0. The number of amides is 1. The monoisotopic (exact) mass is 1120 g/mol. The highest BCUT2D eigenvalue weighted by molar-refractivity contribution is 6.61. The second-order valence-corrected chi connectivity index (χ2v) is 23.9. The number of ether oxygens (including phenoxy) is 6. The molecule has 0 spiro atoms. The van der Waals surface area contributed by atoms with E-state index in [1.54, 1.807) is 48.0 Å². The van der Waals surface area contributed by atoms with Gasteiger partial charge in [-0.1, -0.05) is 101 Å². The Morgan fingerprint density at radius 3 is 2.23 bits per heavy atom. The van der Waals surface area contributed by atoms with Gasteiger partial charge < -0.3 is 52.8 Å². The average Bonchev–Trinajstić information content (AvgIpc) is 3.57. The fourth-order valence-corrected chi connectivity index (χ4v) is 12.0. The van der Waals surface area contributed by atoms with Gasteiger partial charge in [0.05, 0.1) is 18.3 Å². The maximum absolute atomic E-state index is 14.7. The molecule has 1 saturated carbocycles. The summed E-state index contributed by atoms with van der Waals surface area (Å²) in [6, 6.07) is 8.32. The van der Waals surface area contributed by atoms with Gasteiger partial charge in [0.2, 0.25) is 5.79 Å². The molecule has 4 aliphatic heterocycles. The minimum Gasteiger partial charge on any atom is -0.460 e. The first-order chi connectivity index (χ1) is 38.0. The number of hydrogen-bond donors (Lipinski definition) is 2. The van der Waals surface area contributed by atoms with E-state index in [2.05, 4.69) is 0 Å². The molecule has 0 unspecified atom stereocenters. The Balaban J connectivity index is 1.23. The van der Waals surface area contributed by atoms with E-state index in [0.717, 1.165) is 11.0 Å². The number of methoxy groups -OCH3 is 3. The summed E-state index contributed by atoms with van der Waals surface area (Å²) in [5, 5.41) is 23.7. The number of aliphatic hydroxyl groups excluding tert-OH is 1. The molecule has 4 heterocycles. The van der Waals surface area contributed by atoms with Crippen molar-refractivity contribution in [3.63, 3.8) is 0 Å². The molecule has 442 valence electrons. The molecule has 4 fully saturated rings. The molecule has 0 radical (unpaired) electrons. The van der Waals surface area contributed by atoms with Crippen molar-refractivity contribution in [2.75, 3.05) is 41.1 Å². The zero-order valence-corrected chi connectivity index (χ0v) is 49.2. The van der Waals surface area contributed by atoms with Crippen LogP contribution in [0.2, 0.25) is 0 Å². The highest BCUT2D eigenvalue weighted by Crippen LogP contribution is 2.39. The number of piperidine rings is 1. The predicted octanol–water partition coefficient (Wildman–Crippen LogP) is 7.18. The Morgan fingerprint density at radius 1 is 0.838 bits per heavy atom. The first-order valence-corrected chi connectivity index (χ1v) is 29.0. The molecule has 3 saturated heterocycles. The van der Waals surface area contributed by atoms with Crippen LogP contribution in [0.1, 0.15) is 132 Å². The molecular formula is C62H90BNO16. The summed E-state index contributed by atoms with van der Waals surface area (Å²) in [6.45, 7) is 14.7. The summed E-state index contributed by atoms with van der Waals surface area (Å²) in [5.41, 5.74) is 1.05. The molecule has 80 heavy (non-hydrogen) atoms. The summed E-state index contributed by atoms with van der Waals surface area (Å²) < 4.78 is 48.2. The predicted molar refractivity (Wildman–Crippen MR) is 301 cm³/mol. The van der Waals surface area contributed by atoms with Crippen molar-refractivity contribution in [2.24, 2.45) is 40.9 Å². The van der Waals surface area contributed by atoms with E-state index >= 15 is 0 Å². The number of allylic oxidation sites excluding steroid dienone is 6. The highest BCUT2D eigenvalue weighted by atomic mass is 16.6. The molecule has 18 heteroatoms. The number of ketones is 3. The van der Waals surface area contributed by atoms with Gasteiger partial charge in [0.15, 0.2) is 5.78 Å². The van der Waals surface area contributed by atoms with Gasteiger partial charge in [-0.05, 0) is 119 Å². The first kappa shape index (κ1) is 64.5. The van der Waals surface area contributed by atoms with Crippen molar-refractivity contribution in [3.05, 3.63) is 77.9 Å². The third kappa shape index (κ3) is 16.3. The number of nitrogens with zero attached hydrogens (tertiary/aromatic N) is 1. The second-order valence-electron chi connectivity index (χ2n) is 23.9. The Hall–Kier alpha value is -4.66. The van der Waals surface area contributed by atoms with Crippen LogP contribution in [-0.4, -0.2) is 153 Å². The Bertz CT molecular complexity index is 2400. The fraction of sp³-hybridized carbons (Fsp3) is 0.677. The number of aliphatic hydroxyl groups is 2. The summed E-state index contributed by atoms with van der Waals surface area (Å²) in [4.78, 5) is 86.7. The van der Waals surface area contributed by atoms with Gasteiger partial charge in [0.25, 0.3) is 11.7 Å². The van der Waals surface area contributed by atoms with Crippen molar-refractivity contribution < 1.29 is 76.7 Å². The molecule has 1 aromatic carbocycles. The van der Waals surface area contributed by atoms with E-state index in [-0.39, 0.29) is 56.0 Å². The summed E-state index contributed by atoms with van der Waals surface area (Å²) in [5.74, 6) is -8.89. The third-order valence-electron chi connectivity index (χ3n) is 17.4. The molecule has 1 amide bonds. The molecule has 2 N–H and O–H groups in total. The van der Waals surface area contributed by atoms with Gasteiger partial charge in [-0.2, -0.15) is 0 Å². The van der Waals surface area contributed by atoms with Gasteiger partial charge in [0, 0.05) is 71.7 Å². The number of carbonyl (C=O) groups excluding carboxylic acids is 6.